The molecule has 0 spiro atoms. The maximum Gasteiger partial charge on any atom is 0.317 e. The highest BCUT2D eigenvalue weighted by Gasteiger charge is 2.32. The summed E-state index contributed by atoms with van der Waals surface area (Å²) in [5.41, 5.74) is 2.11. The lowest BCUT2D eigenvalue weighted by Crippen LogP contribution is -2.49. The van der Waals surface area contributed by atoms with E-state index in [1.54, 1.807) is 35.0 Å². The first-order valence-corrected chi connectivity index (χ1v) is 13.1. The summed E-state index contributed by atoms with van der Waals surface area (Å²) in [6.45, 7) is 8.11. The number of nitrogens with zero attached hydrogens (tertiary/aromatic N) is 2. The van der Waals surface area contributed by atoms with Gasteiger partial charge in [-0.2, -0.15) is 0 Å². The standard InChI is InChI=1S/C29H40N4O5/c1-19(2)30-29(37)32(5)17-26-20(3)16-33(21(4)18-34)28(36)15-23-14-24(11-12-25(23)38-26)31-27(35)13-22-9-7-6-8-10-22/h6-12,14,19-21,26,34H,13,15-18H2,1-5H3,(H,30,37)(H,31,35)/t20-,21-,26+/m1/s1. The molecule has 0 aliphatic carbocycles. The molecule has 9 nitrogen and oxygen atoms in total. The predicted molar refractivity (Wildman–Crippen MR) is 147 cm³/mol. The van der Waals surface area contributed by atoms with Crippen molar-refractivity contribution >= 4 is 23.5 Å². The van der Waals surface area contributed by atoms with Crippen LogP contribution in [0.15, 0.2) is 48.5 Å². The Morgan fingerprint density at radius 2 is 1.87 bits per heavy atom. The van der Waals surface area contributed by atoms with Gasteiger partial charge in [-0.3, -0.25) is 9.59 Å². The van der Waals surface area contributed by atoms with Crippen molar-refractivity contribution in [1.82, 2.24) is 15.1 Å². The summed E-state index contributed by atoms with van der Waals surface area (Å²) in [5, 5.41) is 15.6. The summed E-state index contributed by atoms with van der Waals surface area (Å²) in [6.07, 6.45) is -0.112. The van der Waals surface area contributed by atoms with Crippen molar-refractivity contribution in [2.45, 2.75) is 58.7 Å². The number of nitrogens with one attached hydrogen (secondary N) is 2. The topological polar surface area (TPSA) is 111 Å². The van der Waals surface area contributed by atoms with Gasteiger partial charge in [-0.1, -0.05) is 37.3 Å². The molecule has 0 saturated heterocycles. The molecule has 0 fully saturated rings. The van der Waals surface area contributed by atoms with Crippen molar-refractivity contribution in [3.63, 3.8) is 0 Å². The second-order valence-corrected chi connectivity index (χ2v) is 10.4. The zero-order valence-electron chi connectivity index (χ0n) is 22.9. The Morgan fingerprint density at radius 1 is 1.16 bits per heavy atom. The van der Waals surface area contributed by atoms with Crippen molar-refractivity contribution in [3.8, 4) is 5.75 Å². The zero-order valence-corrected chi connectivity index (χ0v) is 22.9. The van der Waals surface area contributed by atoms with Crippen LogP contribution in [0.2, 0.25) is 0 Å². The molecule has 1 heterocycles. The molecule has 206 valence electrons. The molecule has 1 aliphatic rings. The Labute approximate surface area is 225 Å². The van der Waals surface area contributed by atoms with E-state index < -0.39 is 6.10 Å². The van der Waals surface area contributed by atoms with Crippen LogP contribution in [-0.2, 0) is 22.4 Å². The van der Waals surface area contributed by atoms with Gasteiger partial charge >= 0.3 is 6.03 Å². The number of benzene rings is 2. The van der Waals surface area contributed by atoms with E-state index in [0.29, 0.717) is 30.1 Å². The molecule has 4 amide bonds. The van der Waals surface area contributed by atoms with Crippen LogP contribution in [0, 0.1) is 5.92 Å². The van der Waals surface area contributed by atoms with Gasteiger partial charge in [-0.15, -0.1) is 0 Å². The number of rotatable bonds is 8. The van der Waals surface area contributed by atoms with E-state index in [-0.39, 0.29) is 55.3 Å². The van der Waals surface area contributed by atoms with E-state index in [1.165, 1.54) is 0 Å². The molecule has 1 aliphatic heterocycles. The van der Waals surface area contributed by atoms with Gasteiger partial charge in [-0.25, -0.2) is 4.79 Å². The van der Waals surface area contributed by atoms with Crippen LogP contribution < -0.4 is 15.4 Å². The van der Waals surface area contributed by atoms with Crippen molar-refractivity contribution in [2.24, 2.45) is 5.92 Å². The van der Waals surface area contributed by atoms with Gasteiger partial charge in [-0.05, 0) is 44.5 Å². The van der Waals surface area contributed by atoms with Crippen molar-refractivity contribution < 1.29 is 24.2 Å². The van der Waals surface area contributed by atoms with Gasteiger partial charge in [0, 0.05) is 36.8 Å². The van der Waals surface area contributed by atoms with Gasteiger partial charge in [0.2, 0.25) is 11.8 Å². The van der Waals surface area contributed by atoms with Gasteiger partial charge in [0.15, 0.2) is 0 Å². The van der Waals surface area contributed by atoms with Gasteiger partial charge < -0.3 is 30.3 Å². The highest BCUT2D eigenvalue weighted by molar-refractivity contribution is 5.92. The number of hydrogen-bond donors (Lipinski definition) is 3. The molecule has 0 radical (unpaired) electrons. The zero-order chi connectivity index (χ0) is 27.8. The van der Waals surface area contributed by atoms with E-state index >= 15 is 0 Å². The number of likely N-dealkylation sites (N-methyl/N-ethyl adjacent to an activating group) is 1. The first-order valence-electron chi connectivity index (χ1n) is 13.1. The summed E-state index contributed by atoms with van der Waals surface area (Å²) in [7, 11) is 1.71. The minimum atomic E-state index is -0.408. The highest BCUT2D eigenvalue weighted by atomic mass is 16.5. The largest absolute Gasteiger partial charge is 0.488 e. The third-order valence-electron chi connectivity index (χ3n) is 6.62. The fraction of sp³-hybridized carbons (Fsp3) is 0.483. The van der Waals surface area contributed by atoms with Crippen molar-refractivity contribution in [2.75, 3.05) is 32.1 Å². The Bertz CT molecular complexity index is 1110. The van der Waals surface area contributed by atoms with Crippen LogP contribution in [0.1, 0.15) is 38.8 Å². The van der Waals surface area contributed by atoms with Crippen LogP contribution >= 0.6 is 0 Å². The van der Waals surface area contributed by atoms with Gasteiger partial charge in [0.1, 0.15) is 11.9 Å². The SMILES string of the molecule is CC(C)NC(=O)N(C)C[C@@H]1Oc2ccc(NC(=O)Cc3ccccc3)cc2CC(=O)N([C@H](C)CO)C[C@H]1C. The minimum Gasteiger partial charge on any atom is -0.488 e. The molecule has 3 atom stereocenters. The Kier molecular flexibility index (Phi) is 10.1. The average Bonchev–Trinajstić information content (AvgIpc) is 2.91. The molecule has 3 rings (SSSR count). The molecule has 0 aromatic heterocycles. The lowest BCUT2D eigenvalue weighted by atomic mass is 10.0. The molecule has 0 bridgehead atoms. The first-order chi connectivity index (χ1) is 18.1. The molecule has 9 heteroatoms. The maximum atomic E-state index is 13.4. The third-order valence-corrected chi connectivity index (χ3v) is 6.62. The van der Waals surface area contributed by atoms with E-state index in [9.17, 15) is 19.5 Å². The van der Waals surface area contributed by atoms with Gasteiger partial charge in [0.25, 0.3) is 0 Å². The number of urea groups is 1. The molecule has 38 heavy (non-hydrogen) atoms. The van der Waals surface area contributed by atoms with E-state index in [4.69, 9.17) is 4.74 Å². The molecular weight excluding hydrogens is 484 g/mol. The van der Waals surface area contributed by atoms with Crippen LogP contribution in [0.3, 0.4) is 0 Å². The second-order valence-electron chi connectivity index (χ2n) is 10.4. The molecule has 2 aromatic rings. The second kappa shape index (κ2) is 13.3. The predicted octanol–water partition coefficient (Wildman–Crippen LogP) is 3.07. The quantitative estimate of drug-likeness (QED) is 0.492. The number of amides is 4. The molecule has 0 saturated carbocycles. The summed E-state index contributed by atoms with van der Waals surface area (Å²) in [4.78, 5) is 41.8. The highest BCUT2D eigenvalue weighted by Crippen LogP contribution is 2.29. The average molecular weight is 525 g/mol. The molecular formula is C29H40N4O5. The van der Waals surface area contributed by atoms with E-state index in [0.717, 1.165) is 5.56 Å². The summed E-state index contributed by atoms with van der Waals surface area (Å²) in [5.74, 6) is 0.111. The smallest absolute Gasteiger partial charge is 0.317 e. The molecule has 0 unspecified atom stereocenters. The van der Waals surface area contributed by atoms with Crippen molar-refractivity contribution in [3.05, 3.63) is 59.7 Å². The fourth-order valence-corrected chi connectivity index (χ4v) is 4.42. The normalized spacial score (nSPS) is 18.4. The van der Waals surface area contributed by atoms with Crippen LogP contribution in [0.4, 0.5) is 10.5 Å². The Morgan fingerprint density at radius 3 is 2.53 bits per heavy atom. The number of anilines is 1. The summed E-state index contributed by atoms with van der Waals surface area (Å²) < 4.78 is 6.44. The van der Waals surface area contributed by atoms with Crippen LogP contribution in [0.25, 0.3) is 0 Å². The van der Waals surface area contributed by atoms with Crippen LogP contribution in [-0.4, -0.2) is 77.7 Å². The lowest BCUT2D eigenvalue weighted by molar-refractivity contribution is -0.134. The number of carbonyl (C=O) groups excluding carboxylic acids is 3. The van der Waals surface area contributed by atoms with Crippen molar-refractivity contribution in [1.29, 1.82) is 0 Å². The summed E-state index contributed by atoms with van der Waals surface area (Å²) >= 11 is 0. The monoisotopic (exact) mass is 524 g/mol. The van der Waals surface area contributed by atoms with Crippen LogP contribution in [0.5, 0.6) is 5.75 Å². The minimum absolute atomic E-state index is 0.00131. The number of ether oxygens (including phenoxy) is 1. The number of hydrogen-bond acceptors (Lipinski definition) is 5. The Hall–Kier alpha value is -3.59. The maximum absolute atomic E-state index is 13.4. The lowest BCUT2D eigenvalue weighted by Gasteiger charge is -2.34. The number of carbonyl (C=O) groups is 3. The molecule has 2 aromatic carbocycles. The number of aliphatic hydroxyl groups excluding tert-OH is 1. The number of aliphatic hydroxyl groups is 1. The molecule has 3 N–H and O–H groups in total. The fourth-order valence-electron chi connectivity index (χ4n) is 4.42. The first kappa shape index (κ1) is 29.0. The third kappa shape index (κ3) is 7.95. The number of fused-ring (bicyclic) bond motifs is 1. The Balaban J connectivity index is 1.87. The summed E-state index contributed by atoms with van der Waals surface area (Å²) in [6, 6.07) is 14.2. The van der Waals surface area contributed by atoms with E-state index in [1.807, 2.05) is 58.0 Å². The van der Waals surface area contributed by atoms with Gasteiger partial charge in [0.05, 0.1) is 32.0 Å². The van der Waals surface area contributed by atoms with E-state index in [2.05, 4.69) is 10.6 Å².